The van der Waals surface area contributed by atoms with Gasteiger partial charge in [0.15, 0.2) is 16.1 Å². The number of fused-ring (bicyclic) bond motifs is 9. The summed E-state index contributed by atoms with van der Waals surface area (Å²) < 4.78 is 5.05. The minimum absolute atomic E-state index is 1.13. The number of nitrogens with zero attached hydrogens (tertiary/aromatic N) is 2. The Morgan fingerprint density at radius 2 is 0.724 bits per heavy atom. The molecule has 2 nitrogen and oxygen atoms in total. The number of para-hydroxylation sites is 3. The lowest BCUT2D eigenvalue weighted by atomic mass is 9.99. The summed E-state index contributed by atoms with van der Waals surface area (Å²) >= 11 is 0. The molecular weight excluding hydrogens is 949 g/mol. The number of rotatable bonds is 9. The van der Waals surface area contributed by atoms with Gasteiger partial charge in [-0.25, -0.2) is 0 Å². The molecule has 14 aromatic rings. The average molecular weight is 999 g/mol. The molecule has 0 aliphatic carbocycles. The lowest BCUT2D eigenvalue weighted by Crippen LogP contribution is -2.74. The van der Waals surface area contributed by atoms with Crippen molar-refractivity contribution in [1.82, 2.24) is 9.13 Å². The van der Waals surface area contributed by atoms with Gasteiger partial charge in [-0.05, 0) is 100 Å². The van der Waals surface area contributed by atoms with Crippen molar-refractivity contribution < 1.29 is 0 Å². The summed E-state index contributed by atoms with van der Waals surface area (Å²) in [6, 6.07) is 114. The Morgan fingerprint density at radius 1 is 0.276 bits per heavy atom. The monoisotopic (exact) mass is 998 g/mol. The summed E-state index contributed by atoms with van der Waals surface area (Å²) in [7, 11) is -5.43. The molecule has 1 aliphatic rings. The van der Waals surface area contributed by atoms with Crippen LogP contribution in [0.4, 0.5) is 0 Å². The van der Waals surface area contributed by atoms with Crippen molar-refractivity contribution in [3.63, 3.8) is 0 Å². The fourth-order valence-electron chi connectivity index (χ4n) is 13.4. The summed E-state index contributed by atoms with van der Waals surface area (Å²) in [5.41, 5.74) is 12.1. The molecule has 0 radical (unpaired) electrons. The lowest BCUT2D eigenvalue weighted by Gasteiger charge is -2.34. The molecule has 356 valence electrons. The molecule has 0 fully saturated rings. The van der Waals surface area contributed by atoms with E-state index in [1.807, 2.05) is 0 Å². The highest BCUT2D eigenvalue weighted by Crippen LogP contribution is 2.41. The molecule has 0 amide bonds. The van der Waals surface area contributed by atoms with Crippen LogP contribution in [0, 0.1) is 0 Å². The van der Waals surface area contributed by atoms with Crippen LogP contribution in [0.5, 0.6) is 0 Å². The van der Waals surface area contributed by atoms with Gasteiger partial charge in [0.1, 0.15) is 0 Å². The van der Waals surface area contributed by atoms with Gasteiger partial charge >= 0.3 is 0 Å². The second-order valence-corrected chi connectivity index (χ2v) is 27.8. The zero-order valence-electron chi connectivity index (χ0n) is 41.8. The smallest absolute Gasteiger partial charge is 0.180 e. The summed E-state index contributed by atoms with van der Waals surface area (Å²) in [5, 5.41) is 16.1. The Bertz CT molecular complexity index is 4350. The Balaban J connectivity index is 0.944. The fraction of sp³-hybridized carbons (Fsp3) is 0. The molecular formula is C72H50N2Si2. The predicted molar refractivity (Wildman–Crippen MR) is 327 cm³/mol. The molecule has 0 saturated carbocycles. The molecule has 0 bridgehead atoms. The first-order chi connectivity index (χ1) is 37.7. The molecule has 0 atom stereocenters. The van der Waals surface area contributed by atoms with Gasteiger partial charge in [0.25, 0.3) is 0 Å². The van der Waals surface area contributed by atoms with Crippen LogP contribution in [-0.4, -0.2) is 25.3 Å². The SMILES string of the molecule is c1ccc([Si](c2ccccc2)(c2ccccc2)c2ccc(-n3c4ccccc4c4cccc(-n5c6ccccc6c6ccc(-c7ccc8c(c7)[Si](c7ccccc7)(c7ccccc7)c7ccccc7-8)cc65)c43)cc2)cc1. The van der Waals surface area contributed by atoms with Crippen LogP contribution >= 0.6 is 0 Å². The number of aromatic nitrogens is 2. The predicted octanol–water partition coefficient (Wildman–Crippen LogP) is 12.3. The van der Waals surface area contributed by atoms with E-state index < -0.39 is 16.1 Å². The Morgan fingerprint density at radius 3 is 1.34 bits per heavy atom. The molecule has 0 N–H and O–H groups in total. The van der Waals surface area contributed by atoms with Gasteiger partial charge in [-0.15, -0.1) is 0 Å². The van der Waals surface area contributed by atoms with E-state index in [1.54, 1.807) is 0 Å². The van der Waals surface area contributed by atoms with Crippen LogP contribution in [0.25, 0.3) is 77.2 Å². The molecule has 0 saturated heterocycles. The highest BCUT2D eigenvalue weighted by atomic mass is 28.3. The Hall–Kier alpha value is -9.33. The summed E-state index contributed by atoms with van der Waals surface area (Å²) in [6.45, 7) is 0. The second kappa shape index (κ2) is 17.7. The lowest BCUT2D eigenvalue weighted by molar-refractivity contribution is 1.13. The van der Waals surface area contributed by atoms with E-state index in [2.05, 4.69) is 312 Å². The van der Waals surface area contributed by atoms with Gasteiger partial charge in [0.2, 0.25) is 0 Å². The highest BCUT2D eigenvalue weighted by molar-refractivity contribution is 7.22. The molecule has 0 unspecified atom stereocenters. The van der Waals surface area contributed by atoms with Crippen molar-refractivity contribution in [2.75, 3.05) is 0 Å². The van der Waals surface area contributed by atoms with Gasteiger partial charge in [-0.3, -0.25) is 0 Å². The van der Waals surface area contributed by atoms with Crippen molar-refractivity contribution in [2.45, 2.75) is 0 Å². The second-order valence-electron chi connectivity index (χ2n) is 20.3. The van der Waals surface area contributed by atoms with Crippen molar-refractivity contribution in [3.8, 4) is 33.6 Å². The zero-order valence-corrected chi connectivity index (χ0v) is 43.8. The van der Waals surface area contributed by atoms with Gasteiger partial charge < -0.3 is 9.13 Å². The van der Waals surface area contributed by atoms with Gasteiger partial charge in [-0.1, -0.05) is 267 Å². The molecule has 4 heteroatoms. The van der Waals surface area contributed by atoms with Crippen molar-refractivity contribution in [3.05, 3.63) is 303 Å². The van der Waals surface area contributed by atoms with E-state index in [0.717, 1.165) is 11.4 Å². The molecule has 0 spiro atoms. The number of hydrogen-bond donors (Lipinski definition) is 0. The van der Waals surface area contributed by atoms with Crippen LogP contribution in [0.2, 0.25) is 0 Å². The summed E-state index contributed by atoms with van der Waals surface area (Å²) in [5.74, 6) is 0. The van der Waals surface area contributed by atoms with E-state index in [1.165, 1.54) is 107 Å². The van der Waals surface area contributed by atoms with Crippen molar-refractivity contribution >= 4 is 101 Å². The first kappa shape index (κ1) is 44.2. The quantitative estimate of drug-likeness (QED) is 0.101. The Labute approximate surface area is 444 Å². The maximum atomic E-state index is 2.54. The maximum Gasteiger partial charge on any atom is 0.180 e. The third-order valence-corrected chi connectivity index (χ3v) is 26.2. The molecule has 12 aromatic carbocycles. The molecule has 15 rings (SSSR count). The zero-order chi connectivity index (χ0) is 50.2. The summed E-state index contributed by atoms with van der Waals surface area (Å²) in [4.78, 5) is 0. The minimum Gasteiger partial charge on any atom is -0.307 e. The summed E-state index contributed by atoms with van der Waals surface area (Å²) in [6.07, 6.45) is 0. The van der Waals surface area contributed by atoms with Crippen LogP contribution < -0.4 is 41.5 Å². The number of benzene rings is 12. The normalized spacial score (nSPS) is 12.8. The van der Waals surface area contributed by atoms with Gasteiger partial charge in [0, 0.05) is 27.2 Å². The van der Waals surface area contributed by atoms with Crippen molar-refractivity contribution in [2.24, 2.45) is 0 Å². The first-order valence-electron chi connectivity index (χ1n) is 26.4. The molecule has 1 aliphatic heterocycles. The average Bonchev–Trinajstić information content (AvgIpc) is 4.29. The van der Waals surface area contributed by atoms with Gasteiger partial charge in [-0.2, -0.15) is 0 Å². The van der Waals surface area contributed by atoms with Gasteiger partial charge in [0.05, 0.1) is 27.8 Å². The minimum atomic E-state index is -2.74. The first-order valence-corrected chi connectivity index (χ1v) is 30.4. The van der Waals surface area contributed by atoms with Crippen LogP contribution in [0.3, 0.4) is 0 Å². The highest BCUT2D eigenvalue weighted by Gasteiger charge is 2.48. The largest absolute Gasteiger partial charge is 0.307 e. The van der Waals surface area contributed by atoms with E-state index in [0.29, 0.717) is 0 Å². The molecule has 76 heavy (non-hydrogen) atoms. The maximum absolute atomic E-state index is 2.74. The van der Waals surface area contributed by atoms with Crippen LogP contribution in [0.1, 0.15) is 0 Å². The van der Waals surface area contributed by atoms with Crippen molar-refractivity contribution in [1.29, 1.82) is 0 Å². The molecule has 3 heterocycles. The van der Waals surface area contributed by atoms with E-state index >= 15 is 0 Å². The third kappa shape index (κ3) is 6.45. The molecule has 2 aromatic heterocycles. The Kier molecular flexibility index (Phi) is 10.3. The van der Waals surface area contributed by atoms with Crippen LogP contribution in [0.15, 0.2) is 303 Å². The van der Waals surface area contributed by atoms with E-state index in [-0.39, 0.29) is 0 Å². The van der Waals surface area contributed by atoms with E-state index in [4.69, 9.17) is 0 Å². The van der Waals surface area contributed by atoms with E-state index in [9.17, 15) is 0 Å². The standard InChI is InChI=1S/C72H50N2Si2/c1-6-23-54(24-7-1)75(55-25-8-2-9-26-55,56-27-10-3-11-28-56)59-45-43-53(44-46-59)73-66-37-19-17-34-61(66)65-36-22-39-68(72(65)73)74-67-38-20-16-33-60(67)62-47-41-51(49-69(62)74)52-42-48-64-63-35-18-21-40-70(63)76(71(64)50-52,57-29-12-4-13-30-57)58-31-14-5-15-32-58/h1-50H. The van der Waals surface area contributed by atoms with Crippen LogP contribution in [-0.2, 0) is 0 Å². The third-order valence-electron chi connectivity index (χ3n) is 16.6. The topological polar surface area (TPSA) is 9.86 Å². The number of hydrogen-bond acceptors (Lipinski definition) is 0. The fourth-order valence-corrected chi connectivity index (χ4v) is 23.4.